The Balaban J connectivity index is 1.74. The Bertz CT molecular complexity index is 596. The first-order valence-corrected chi connectivity index (χ1v) is 10.1. The molecule has 0 saturated heterocycles. The number of amides is 1. The van der Waals surface area contributed by atoms with Crippen LogP contribution in [-0.2, 0) is 21.2 Å². The van der Waals surface area contributed by atoms with E-state index in [9.17, 15) is 13.2 Å². The van der Waals surface area contributed by atoms with E-state index in [1.165, 1.54) is 6.26 Å². The zero-order valence-corrected chi connectivity index (χ0v) is 14.5. The Kier molecular flexibility index (Phi) is 6.59. The topological polar surface area (TPSA) is 66.5 Å². The lowest BCUT2D eigenvalue weighted by atomic mass is 10.1. The lowest BCUT2D eigenvalue weighted by Gasteiger charge is -2.26. The molecule has 1 aromatic rings. The van der Waals surface area contributed by atoms with E-state index in [0.29, 0.717) is 25.9 Å². The zero-order chi connectivity index (χ0) is 16.7. The van der Waals surface area contributed by atoms with Gasteiger partial charge >= 0.3 is 0 Å². The number of sulfonamides is 1. The summed E-state index contributed by atoms with van der Waals surface area (Å²) < 4.78 is 25.4. The van der Waals surface area contributed by atoms with Gasteiger partial charge in [0, 0.05) is 25.6 Å². The predicted molar refractivity (Wildman–Crippen MR) is 91.6 cm³/mol. The number of hydrogen-bond acceptors (Lipinski definition) is 3. The van der Waals surface area contributed by atoms with Crippen molar-refractivity contribution in [1.82, 2.24) is 9.62 Å². The number of nitrogens with one attached hydrogen (secondary N) is 1. The van der Waals surface area contributed by atoms with E-state index in [0.717, 1.165) is 31.2 Å². The van der Waals surface area contributed by atoms with Crippen LogP contribution in [0.5, 0.6) is 0 Å². The van der Waals surface area contributed by atoms with E-state index in [1.807, 2.05) is 30.3 Å². The molecule has 0 heterocycles. The summed E-state index contributed by atoms with van der Waals surface area (Å²) in [6.45, 7) is 0.734. The third-order valence-corrected chi connectivity index (χ3v) is 5.63. The smallest absolute Gasteiger partial charge is 0.220 e. The molecule has 23 heavy (non-hydrogen) atoms. The molecule has 128 valence electrons. The molecule has 2 rings (SSSR count). The monoisotopic (exact) mass is 338 g/mol. The lowest BCUT2D eigenvalue weighted by molar-refractivity contribution is -0.121. The minimum Gasteiger partial charge on any atom is -0.355 e. The average molecular weight is 338 g/mol. The highest BCUT2D eigenvalue weighted by Gasteiger charge is 2.28. The lowest BCUT2D eigenvalue weighted by Crippen LogP contribution is -2.43. The van der Waals surface area contributed by atoms with Gasteiger partial charge < -0.3 is 5.32 Å². The maximum Gasteiger partial charge on any atom is 0.220 e. The van der Waals surface area contributed by atoms with E-state index < -0.39 is 10.0 Å². The summed E-state index contributed by atoms with van der Waals surface area (Å²) in [7, 11) is -3.22. The molecule has 0 radical (unpaired) electrons. The van der Waals surface area contributed by atoms with Gasteiger partial charge in [0.15, 0.2) is 0 Å². The fourth-order valence-corrected chi connectivity index (χ4v) is 4.28. The molecule has 0 spiro atoms. The second kappa shape index (κ2) is 8.45. The molecular formula is C17H26N2O3S. The molecular weight excluding hydrogens is 312 g/mol. The van der Waals surface area contributed by atoms with Gasteiger partial charge in [0.05, 0.1) is 6.26 Å². The highest BCUT2D eigenvalue weighted by molar-refractivity contribution is 7.88. The summed E-state index contributed by atoms with van der Waals surface area (Å²) in [5, 5.41) is 2.83. The number of carbonyl (C=O) groups excluding carboxylic acids is 1. The highest BCUT2D eigenvalue weighted by atomic mass is 32.2. The van der Waals surface area contributed by atoms with Crippen LogP contribution in [0.15, 0.2) is 30.3 Å². The van der Waals surface area contributed by atoms with Crippen LogP contribution >= 0.6 is 0 Å². The van der Waals surface area contributed by atoms with Crippen LogP contribution < -0.4 is 5.32 Å². The van der Waals surface area contributed by atoms with Crippen molar-refractivity contribution in [3.05, 3.63) is 35.9 Å². The Hall–Kier alpha value is -1.40. The second-order valence-corrected chi connectivity index (χ2v) is 8.08. The Morgan fingerprint density at radius 1 is 1.22 bits per heavy atom. The van der Waals surface area contributed by atoms with Gasteiger partial charge in [-0.15, -0.1) is 0 Å². The number of hydrogen-bond donors (Lipinski definition) is 1. The van der Waals surface area contributed by atoms with Crippen LogP contribution in [0.2, 0.25) is 0 Å². The molecule has 1 amide bonds. The number of benzene rings is 1. The van der Waals surface area contributed by atoms with Crippen LogP contribution in [-0.4, -0.2) is 44.0 Å². The van der Waals surface area contributed by atoms with Crippen LogP contribution in [0.4, 0.5) is 0 Å². The molecule has 6 heteroatoms. The molecule has 0 unspecified atom stereocenters. The Morgan fingerprint density at radius 2 is 1.87 bits per heavy atom. The van der Waals surface area contributed by atoms with Crippen LogP contribution in [0.25, 0.3) is 0 Å². The van der Waals surface area contributed by atoms with Gasteiger partial charge in [0.1, 0.15) is 0 Å². The number of nitrogens with zero attached hydrogens (tertiary/aromatic N) is 1. The minimum atomic E-state index is -3.22. The summed E-state index contributed by atoms with van der Waals surface area (Å²) in [6, 6.07) is 9.97. The molecule has 0 atom stereocenters. The highest BCUT2D eigenvalue weighted by Crippen LogP contribution is 2.24. The van der Waals surface area contributed by atoms with Crippen LogP contribution in [0, 0.1) is 0 Å². The number of rotatable bonds is 8. The molecule has 1 N–H and O–H groups in total. The minimum absolute atomic E-state index is 0.0336. The van der Waals surface area contributed by atoms with Gasteiger partial charge in [-0.25, -0.2) is 8.42 Å². The molecule has 0 bridgehead atoms. The summed E-state index contributed by atoms with van der Waals surface area (Å²) in [5.41, 5.74) is 1.13. The molecule has 5 nitrogen and oxygen atoms in total. The fourth-order valence-electron chi connectivity index (χ4n) is 3.11. The fraction of sp³-hybridized carbons (Fsp3) is 0.588. The maximum absolute atomic E-state index is 11.9. The van der Waals surface area contributed by atoms with E-state index in [2.05, 4.69) is 5.32 Å². The van der Waals surface area contributed by atoms with Gasteiger partial charge in [-0.05, 0) is 24.8 Å². The molecule has 0 aromatic heterocycles. The van der Waals surface area contributed by atoms with Crippen molar-refractivity contribution in [3.63, 3.8) is 0 Å². The third-order valence-electron chi connectivity index (χ3n) is 4.30. The van der Waals surface area contributed by atoms with Gasteiger partial charge in [-0.1, -0.05) is 43.2 Å². The maximum atomic E-state index is 11.9. The van der Waals surface area contributed by atoms with Crippen molar-refractivity contribution in [2.75, 3.05) is 19.3 Å². The Labute approximate surface area is 139 Å². The summed E-state index contributed by atoms with van der Waals surface area (Å²) in [6.07, 6.45) is 6.39. The molecule has 1 aliphatic rings. The van der Waals surface area contributed by atoms with E-state index in [1.54, 1.807) is 4.31 Å². The van der Waals surface area contributed by atoms with Crippen molar-refractivity contribution >= 4 is 15.9 Å². The summed E-state index contributed by atoms with van der Waals surface area (Å²) in [5.74, 6) is -0.0336. The molecule has 1 aliphatic carbocycles. The Morgan fingerprint density at radius 3 is 2.48 bits per heavy atom. The zero-order valence-electron chi connectivity index (χ0n) is 13.7. The summed E-state index contributed by atoms with van der Waals surface area (Å²) >= 11 is 0. The molecule has 1 fully saturated rings. The van der Waals surface area contributed by atoms with Crippen LogP contribution in [0.1, 0.15) is 37.7 Å². The van der Waals surface area contributed by atoms with Gasteiger partial charge in [-0.3, -0.25) is 4.79 Å². The van der Waals surface area contributed by atoms with Gasteiger partial charge in [-0.2, -0.15) is 4.31 Å². The first kappa shape index (κ1) is 17.9. The van der Waals surface area contributed by atoms with Crippen LogP contribution in [0.3, 0.4) is 0 Å². The SMILES string of the molecule is CS(=O)(=O)N(CCNC(=O)CCc1ccccc1)C1CCCC1. The van der Waals surface area contributed by atoms with E-state index >= 15 is 0 Å². The summed E-state index contributed by atoms with van der Waals surface area (Å²) in [4.78, 5) is 11.9. The predicted octanol–water partition coefficient (Wildman–Crippen LogP) is 1.94. The first-order chi connectivity index (χ1) is 11.0. The number of aryl methyl sites for hydroxylation is 1. The van der Waals surface area contributed by atoms with Gasteiger partial charge in [0.2, 0.25) is 15.9 Å². The molecule has 0 aliphatic heterocycles. The van der Waals surface area contributed by atoms with E-state index in [4.69, 9.17) is 0 Å². The molecule has 1 aromatic carbocycles. The quantitative estimate of drug-likeness (QED) is 0.788. The van der Waals surface area contributed by atoms with Crippen molar-refractivity contribution in [1.29, 1.82) is 0 Å². The van der Waals surface area contributed by atoms with Crippen molar-refractivity contribution < 1.29 is 13.2 Å². The second-order valence-electron chi connectivity index (χ2n) is 6.15. The third kappa shape index (κ3) is 5.95. The van der Waals surface area contributed by atoms with Gasteiger partial charge in [0.25, 0.3) is 0 Å². The van der Waals surface area contributed by atoms with Crippen molar-refractivity contribution in [2.45, 2.75) is 44.6 Å². The first-order valence-electron chi connectivity index (χ1n) is 8.24. The average Bonchev–Trinajstić information content (AvgIpc) is 3.03. The standard InChI is InChI=1S/C17H26N2O3S/c1-23(21,22)19(16-9-5-6-10-16)14-13-18-17(20)12-11-15-7-3-2-4-8-15/h2-4,7-8,16H,5-6,9-14H2,1H3,(H,18,20). The largest absolute Gasteiger partial charge is 0.355 e. The normalized spacial score (nSPS) is 15.9. The molecule has 1 saturated carbocycles. The van der Waals surface area contributed by atoms with E-state index in [-0.39, 0.29) is 11.9 Å². The number of carbonyl (C=O) groups is 1. The van der Waals surface area contributed by atoms with Crippen molar-refractivity contribution in [3.8, 4) is 0 Å². The van der Waals surface area contributed by atoms with Crippen molar-refractivity contribution in [2.24, 2.45) is 0 Å².